The van der Waals surface area contributed by atoms with Gasteiger partial charge in [0.05, 0.1) is 10.8 Å². The molecule has 22 heavy (non-hydrogen) atoms. The summed E-state index contributed by atoms with van der Waals surface area (Å²) in [4.78, 5) is 11.5. The molecule has 1 heterocycles. The fraction of sp³-hybridized carbons (Fsp3) is 0.562. The molecule has 6 heteroatoms. The van der Waals surface area contributed by atoms with Gasteiger partial charge >= 0.3 is 5.97 Å². The highest BCUT2D eigenvalue weighted by Gasteiger charge is 2.38. The molecule has 0 bridgehead atoms. The van der Waals surface area contributed by atoms with Gasteiger partial charge in [-0.3, -0.25) is 4.79 Å². The number of carboxylic acid groups (broad SMARTS) is 1. The van der Waals surface area contributed by atoms with Crippen molar-refractivity contribution in [3.05, 3.63) is 28.8 Å². The molecule has 1 aromatic carbocycles. The zero-order chi connectivity index (χ0) is 16.7. The predicted octanol–water partition coefficient (Wildman–Crippen LogP) is 2.49. The van der Waals surface area contributed by atoms with Crippen LogP contribution in [-0.4, -0.2) is 36.4 Å². The van der Waals surface area contributed by atoms with E-state index in [1.54, 1.807) is 13.8 Å². The van der Waals surface area contributed by atoms with Crippen LogP contribution in [0.3, 0.4) is 0 Å². The van der Waals surface area contributed by atoms with Gasteiger partial charge in [-0.15, -0.1) is 0 Å². The van der Waals surface area contributed by atoms with Gasteiger partial charge in [-0.2, -0.15) is 4.31 Å². The van der Waals surface area contributed by atoms with E-state index in [-0.39, 0.29) is 12.6 Å². The van der Waals surface area contributed by atoms with Gasteiger partial charge in [0.25, 0.3) is 0 Å². The molecule has 1 saturated heterocycles. The zero-order valence-corrected chi connectivity index (χ0v) is 14.3. The number of sulfonamides is 1. The minimum atomic E-state index is -3.69. The molecule has 0 aliphatic carbocycles. The Morgan fingerprint density at radius 1 is 1.18 bits per heavy atom. The molecular weight excluding hydrogens is 302 g/mol. The van der Waals surface area contributed by atoms with E-state index in [2.05, 4.69) is 0 Å². The quantitative estimate of drug-likeness (QED) is 0.926. The van der Waals surface area contributed by atoms with Crippen LogP contribution < -0.4 is 0 Å². The Morgan fingerprint density at radius 2 is 1.73 bits per heavy atom. The molecule has 2 rings (SSSR count). The van der Waals surface area contributed by atoms with Gasteiger partial charge in [-0.25, -0.2) is 8.42 Å². The van der Waals surface area contributed by atoms with Gasteiger partial charge in [0.2, 0.25) is 10.0 Å². The van der Waals surface area contributed by atoms with Crippen LogP contribution in [0.5, 0.6) is 0 Å². The molecular formula is C16H23NO4S. The third kappa shape index (κ3) is 3.03. The van der Waals surface area contributed by atoms with E-state index in [0.29, 0.717) is 28.9 Å². The van der Waals surface area contributed by atoms with Crippen molar-refractivity contribution in [2.75, 3.05) is 6.54 Å². The summed E-state index contributed by atoms with van der Waals surface area (Å²) in [6.07, 6.45) is 1.09. The molecule has 1 fully saturated rings. The van der Waals surface area contributed by atoms with Gasteiger partial charge in [0.1, 0.15) is 0 Å². The van der Waals surface area contributed by atoms with E-state index in [0.717, 1.165) is 5.56 Å². The summed E-state index contributed by atoms with van der Waals surface area (Å²) in [6.45, 7) is 7.40. The molecule has 5 nitrogen and oxygen atoms in total. The van der Waals surface area contributed by atoms with Crippen LogP contribution in [-0.2, 0) is 14.8 Å². The van der Waals surface area contributed by atoms with Crippen molar-refractivity contribution in [2.45, 2.75) is 51.5 Å². The predicted molar refractivity (Wildman–Crippen MR) is 84.4 cm³/mol. The van der Waals surface area contributed by atoms with Crippen molar-refractivity contribution in [1.82, 2.24) is 4.31 Å². The maximum absolute atomic E-state index is 13.1. The lowest BCUT2D eigenvalue weighted by Crippen LogP contribution is -2.47. The molecule has 0 saturated carbocycles. The maximum Gasteiger partial charge on any atom is 0.307 e. The second-order valence-corrected chi connectivity index (χ2v) is 8.09. The summed E-state index contributed by atoms with van der Waals surface area (Å²) in [7, 11) is -3.69. The van der Waals surface area contributed by atoms with Crippen LogP contribution in [0.1, 0.15) is 36.5 Å². The molecule has 1 N–H and O–H groups in total. The van der Waals surface area contributed by atoms with Crippen molar-refractivity contribution in [1.29, 1.82) is 0 Å². The molecule has 0 aromatic heterocycles. The largest absolute Gasteiger partial charge is 0.481 e. The molecule has 2 unspecified atom stereocenters. The topological polar surface area (TPSA) is 74.7 Å². The summed E-state index contributed by atoms with van der Waals surface area (Å²) in [5.41, 5.74) is 2.44. The van der Waals surface area contributed by atoms with Gasteiger partial charge in [-0.1, -0.05) is 17.7 Å². The summed E-state index contributed by atoms with van der Waals surface area (Å²) >= 11 is 0. The van der Waals surface area contributed by atoms with Crippen molar-refractivity contribution >= 4 is 16.0 Å². The zero-order valence-electron chi connectivity index (χ0n) is 13.5. The van der Waals surface area contributed by atoms with E-state index >= 15 is 0 Å². The number of aryl methyl sites for hydroxylation is 3. The smallest absolute Gasteiger partial charge is 0.307 e. The van der Waals surface area contributed by atoms with Crippen LogP contribution in [0.15, 0.2) is 17.0 Å². The van der Waals surface area contributed by atoms with Crippen LogP contribution in [0, 0.1) is 26.7 Å². The van der Waals surface area contributed by atoms with Gasteiger partial charge in [0, 0.05) is 12.6 Å². The lowest BCUT2D eigenvalue weighted by molar-refractivity contribution is -0.143. The summed E-state index contributed by atoms with van der Waals surface area (Å²) < 4.78 is 27.5. The first kappa shape index (κ1) is 17.0. The number of aliphatic carboxylic acids is 1. The molecule has 1 aliphatic heterocycles. The van der Waals surface area contributed by atoms with Gasteiger partial charge in [-0.05, 0) is 51.7 Å². The fourth-order valence-corrected chi connectivity index (χ4v) is 5.42. The number of rotatable bonds is 3. The van der Waals surface area contributed by atoms with Gasteiger partial charge < -0.3 is 5.11 Å². The third-order valence-electron chi connectivity index (χ3n) is 4.35. The van der Waals surface area contributed by atoms with E-state index in [4.69, 9.17) is 0 Å². The van der Waals surface area contributed by atoms with Crippen LogP contribution in [0.4, 0.5) is 0 Å². The second-order valence-electron chi connectivity index (χ2n) is 6.26. The van der Waals surface area contributed by atoms with E-state index in [1.807, 2.05) is 26.0 Å². The fourth-order valence-electron chi connectivity index (χ4n) is 3.30. The first-order valence-electron chi connectivity index (χ1n) is 7.47. The Hall–Kier alpha value is -1.40. The first-order valence-corrected chi connectivity index (χ1v) is 8.91. The average molecular weight is 325 g/mol. The number of nitrogens with zero attached hydrogens (tertiary/aromatic N) is 1. The second kappa shape index (κ2) is 6.01. The normalized spacial score (nSPS) is 23.5. The third-order valence-corrected chi connectivity index (χ3v) is 6.63. The number of hydrogen-bond acceptors (Lipinski definition) is 3. The number of benzene rings is 1. The standard InChI is InChI=1S/C16H23NO4S/c1-10-7-11(2)15(12(3)8-10)22(20,21)17-9-14(16(18)19)6-5-13(17)4/h7-8,13-14H,5-6,9H2,1-4H3,(H,18,19). The van der Waals surface area contributed by atoms with Crippen LogP contribution in [0.25, 0.3) is 0 Å². The number of hydrogen-bond donors (Lipinski definition) is 1. The average Bonchev–Trinajstić information content (AvgIpc) is 2.36. The number of piperidine rings is 1. The van der Waals surface area contributed by atoms with Crippen molar-refractivity contribution in [3.8, 4) is 0 Å². The minimum absolute atomic E-state index is 0.0472. The molecule has 0 amide bonds. The highest BCUT2D eigenvalue weighted by Crippen LogP contribution is 2.31. The Bertz CT molecular complexity index is 673. The lowest BCUT2D eigenvalue weighted by Gasteiger charge is -2.36. The monoisotopic (exact) mass is 325 g/mol. The lowest BCUT2D eigenvalue weighted by atomic mass is 9.96. The number of carboxylic acids is 1. The Kier molecular flexibility index (Phi) is 4.63. The summed E-state index contributed by atoms with van der Waals surface area (Å²) in [6, 6.07) is 3.52. The Balaban J connectivity index is 2.47. The van der Waals surface area contributed by atoms with E-state index in [9.17, 15) is 18.3 Å². The number of carbonyl (C=O) groups is 1. The maximum atomic E-state index is 13.1. The summed E-state index contributed by atoms with van der Waals surface area (Å²) in [5.74, 6) is -1.55. The van der Waals surface area contributed by atoms with Crippen LogP contribution >= 0.6 is 0 Å². The van der Waals surface area contributed by atoms with Crippen molar-refractivity contribution < 1.29 is 18.3 Å². The van der Waals surface area contributed by atoms with Crippen molar-refractivity contribution in [2.24, 2.45) is 5.92 Å². The molecule has 122 valence electrons. The molecule has 1 aromatic rings. The highest BCUT2D eigenvalue weighted by molar-refractivity contribution is 7.89. The molecule has 2 atom stereocenters. The SMILES string of the molecule is Cc1cc(C)c(S(=O)(=O)N2CC(C(=O)O)CCC2C)c(C)c1. The summed E-state index contributed by atoms with van der Waals surface area (Å²) in [5, 5.41) is 9.20. The van der Waals surface area contributed by atoms with E-state index < -0.39 is 21.9 Å². The van der Waals surface area contributed by atoms with Crippen LogP contribution in [0.2, 0.25) is 0 Å². The Labute approximate surface area is 132 Å². The highest BCUT2D eigenvalue weighted by atomic mass is 32.2. The first-order chi connectivity index (χ1) is 10.1. The molecule has 1 aliphatic rings. The van der Waals surface area contributed by atoms with Crippen molar-refractivity contribution in [3.63, 3.8) is 0 Å². The minimum Gasteiger partial charge on any atom is -0.481 e. The van der Waals surface area contributed by atoms with E-state index in [1.165, 1.54) is 4.31 Å². The van der Waals surface area contributed by atoms with Gasteiger partial charge in [0.15, 0.2) is 0 Å². The Morgan fingerprint density at radius 3 is 2.23 bits per heavy atom. The molecule has 0 spiro atoms. The molecule has 0 radical (unpaired) electrons.